The second-order valence-corrected chi connectivity index (χ2v) is 6.37. The van der Waals surface area contributed by atoms with E-state index in [1.54, 1.807) is 0 Å². The van der Waals surface area contributed by atoms with E-state index >= 15 is 0 Å². The number of hydrogen-bond acceptors (Lipinski definition) is 5. The quantitative estimate of drug-likeness (QED) is 0.587. The molecule has 0 heterocycles. The molecule has 0 bridgehead atoms. The minimum absolute atomic E-state index is 0.121. The Kier molecular flexibility index (Phi) is 3.83. The average Bonchev–Trinajstić information content (AvgIpc) is 3.20. The molecule has 2 rings (SSSR count). The first-order valence-corrected chi connectivity index (χ1v) is 7.38. The van der Waals surface area contributed by atoms with E-state index in [-0.39, 0.29) is 23.2 Å². The van der Waals surface area contributed by atoms with E-state index in [9.17, 15) is 18.5 Å². The van der Waals surface area contributed by atoms with E-state index < -0.39 is 14.9 Å². The molecule has 0 radical (unpaired) electrons. The summed E-state index contributed by atoms with van der Waals surface area (Å²) < 4.78 is 26.3. The fourth-order valence-corrected chi connectivity index (χ4v) is 2.86. The fourth-order valence-electron chi connectivity index (χ4n) is 1.74. The van der Waals surface area contributed by atoms with Gasteiger partial charge in [0.2, 0.25) is 10.0 Å². The van der Waals surface area contributed by atoms with Crippen molar-refractivity contribution in [3.8, 4) is 0 Å². The molecule has 0 saturated heterocycles. The predicted octanol–water partition coefficient (Wildman–Crippen LogP) is 0.610. The van der Waals surface area contributed by atoms with Gasteiger partial charge in [0.05, 0.1) is 9.82 Å². The van der Waals surface area contributed by atoms with Crippen molar-refractivity contribution in [2.75, 3.05) is 6.54 Å². The zero-order valence-corrected chi connectivity index (χ0v) is 11.0. The highest BCUT2D eigenvalue weighted by molar-refractivity contribution is 7.89. The molecule has 0 spiro atoms. The van der Waals surface area contributed by atoms with E-state index in [0.717, 1.165) is 18.9 Å². The van der Waals surface area contributed by atoms with Gasteiger partial charge in [0.1, 0.15) is 0 Å². The lowest BCUT2D eigenvalue weighted by Gasteiger charge is -2.11. The van der Waals surface area contributed by atoms with Crippen LogP contribution in [0.3, 0.4) is 0 Å². The summed E-state index contributed by atoms with van der Waals surface area (Å²) in [6, 6.07) is 4.74. The molecule has 1 aliphatic rings. The number of hydrogen-bond donors (Lipinski definition) is 2. The standard InChI is InChI=1S/C11H15N3O4S/c12-11(8-4-5-8)7-13-19(17,18)10-3-1-2-9(6-10)14(15)16/h1-3,6,8,11,13H,4-5,7,12H2. The Hall–Kier alpha value is -1.51. The Balaban J connectivity index is 2.09. The van der Waals surface area contributed by atoms with Crippen LogP contribution in [0.1, 0.15) is 12.8 Å². The van der Waals surface area contributed by atoms with Gasteiger partial charge in [0, 0.05) is 24.7 Å². The van der Waals surface area contributed by atoms with Crippen molar-refractivity contribution in [3.05, 3.63) is 34.4 Å². The van der Waals surface area contributed by atoms with Gasteiger partial charge in [0.15, 0.2) is 0 Å². The number of rotatable bonds is 6. The second kappa shape index (κ2) is 5.24. The molecule has 0 aromatic heterocycles. The number of nitrogens with two attached hydrogens (primary N) is 1. The number of nitrogens with one attached hydrogen (secondary N) is 1. The molecule has 104 valence electrons. The lowest BCUT2D eigenvalue weighted by Crippen LogP contribution is -2.38. The van der Waals surface area contributed by atoms with E-state index in [1.165, 1.54) is 18.2 Å². The maximum absolute atomic E-state index is 12.0. The first-order valence-electron chi connectivity index (χ1n) is 5.90. The predicted molar refractivity (Wildman–Crippen MR) is 69.0 cm³/mol. The van der Waals surface area contributed by atoms with Gasteiger partial charge in [0.25, 0.3) is 5.69 Å². The number of nitro benzene ring substituents is 1. The minimum Gasteiger partial charge on any atom is -0.326 e. The van der Waals surface area contributed by atoms with Gasteiger partial charge in [-0.15, -0.1) is 0 Å². The number of nitrogens with zero attached hydrogens (tertiary/aromatic N) is 1. The molecule has 0 aliphatic heterocycles. The molecule has 1 fully saturated rings. The fraction of sp³-hybridized carbons (Fsp3) is 0.455. The first kappa shape index (κ1) is 13.9. The highest BCUT2D eigenvalue weighted by Gasteiger charge is 2.29. The number of sulfonamides is 1. The van der Waals surface area contributed by atoms with Gasteiger partial charge < -0.3 is 5.73 Å². The summed E-state index contributed by atoms with van der Waals surface area (Å²) >= 11 is 0. The summed E-state index contributed by atoms with van der Waals surface area (Å²) in [5, 5.41) is 10.6. The van der Waals surface area contributed by atoms with E-state index in [1.807, 2.05) is 0 Å². The zero-order valence-electron chi connectivity index (χ0n) is 10.2. The first-order chi connectivity index (χ1) is 8.90. The third-order valence-corrected chi connectivity index (χ3v) is 4.50. The summed E-state index contributed by atoms with van der Waals surface area (Å²) in [6.07, 6.45) is 2.05. The average molecular weight is 285 g/mol. The molecule has 0 amide bonds. The minimum atomic E-state index is -3.75. The summed E-state index contributed by atoms with van der Waals surface area (Å²) in [5.74, 6) is 0.382. The van der Waals surface area contributed by atoms with Crippen molar-refractivity contribution < 1.29 is 13.3 Å². The van der Waals surface area contributed by atoms with Crippen LogP contribution in [0.25, 0.3) is 0 Å². The Morgan fingerprint density at radius 1 is 1.47 bits per heavy atom. The largest absolute Gasteiger partial charge is 0.326 e. The highest BCUT2D eigenvalue weighted by Crippen LogP contribution is 2.31. The van der Waals surface area contributed by atoms with Crippen molar-refractivity contribution in [2.24, 2.45) is 11.7 Å². The van der Waals surface area contributed by atoms with Gasteiger partial charge in [-0.05, 0) is 24.8 Å². The number of benzene rings is 1. The van der Waals surface area contributed by atoms with Crippen LogP contribution in [-0.2, 0) is 10.0 Å². The SMILES string of the molecule is NC(CNS(=O)(=O)c1cccc([N+](=O)[O-])c1)C1CC1. The monoisotopic (exact) mass is 285 g/mol. The number of nitro groups is 1. The van der Waals surface area contributed by atoms with Gasteiger partial charge in [-0.3, -0.25) is 10.1 Å². The molecule has 7 nitrogen and oxygen atoms in total. The Bertz CT molecular complexity index is 583. The van der Waals surface area contributed by atoms with Crippen LogP contribution in [0.4, 0.5) is 5.69 Å². The van der Waals surface area contributed by atoms with Crippen molar-refractivity contribution in [2.45, 2.75) is 23.8 Å². The lowest BCUT2D eigenvalue weighted by molar-refractivity contribution is -0.385. The molecule has 1 unspecified atom stereocenters. The summed E-state index contributed by atoms with van der Waals surface area (Å²) in [4.78, 5) is 9.86. The van der Waals surface area contributed by atoms with Crippen molar-refractivity contribution in [3.63, 3.8) is 0 Å². The summed E-state index contributed by atoms with van der Waals surface area (Å²) in [7, 11) is -3.75. The van der Waals surface area contributed by atoms with Crippen LogP contribution in [-0.4, -0.2) is 25.9 Å². The molecular formula is C11H15N3O4S. The van der Waals surface area contributed by atoms with Crippen LogP contribution >= 0.6 is 0 Å². The van der Waals surface area contributed by atoms with E-state index in [4.69, 9.17) is 5.73 Å². The molecule has 1 aromatic rings. The van der Waals surface area contributed by atoms with Crippen LogP contribution < -0.4 is 10.5 Å². The third-order valence-electron chi connectivity index (χ3n) is 3.08. The van der Waals surface area contributed by atoms with E-state index in [2.05, 4.69) is 4.72 Å². The molecule has 3 N–H and O–H groups in total. The summed E-state index contributed by atoms with van der Waals surface area (Å²) in [6.45, 7) is 0.149. The van der Waals surface area contributed by atoms with Gasteiger partial charge in [-0.1, -0.05) is 6.07 Å². The maximum atomic E-state index is 12.0. The van der Waals surface area contributed by atoms with Crippen LogP contribution in [0.15, 0.2) is 29.2 Å². The molecule has 19 heavy (non-hydrogen) atoms. The second-order valence-electron chi connectivity index (χ2n) is 4.61. The van der Waals surface area contributed by atoms with Gasteiger partial charge in [-0.25, -0.2) is 13.1 Å². The molecular weight excluding hydrogens is 270 g/mol. The molecule has 1 atom stereocenters. The van der Waals surface area contributed by atoms with Gasteiger partial charge >= 0.3 is 0 Å². The van der Waals surface area contributed by atoms with E-state index in [0.29, 0.717) is 5.92 Å². The van der Waals surface area contributed by atoms with Crippen molar-refractivity contribution in [1.29, 1.82) is 0 Å². The lowest BCUT2D eigenvalue weighted by atomic mass is 10.2. The smallest absolute Gasteiger partial charge is 0.270 e. The van der Waals surface area contributed by atoms with Crippen molar-refractivity contribution in [1.82, 2.24) is 4.72 Å². The molecule has 8 heteroatoms. The molecule has 1 aliphatic carbocycles. The zero-order chi connectivity index (χ0) is 14.0. The van der Waals surface area contributed by atoms with Crippen LogP contribution in [0.5, 0.6) is 0 Å². The Labute approximate surface area is 111 Å². The van der Waals surface area contributed by atoms with Crippen LogP contribution in [0.2, 0.25) is 0 Å². The maximum Gasteiger partial charge on any atom is 0.270 e. The molecule has 1 saturated carbocycles. The third kappa shape index (κ3) is 3.49. The number of non-ortho nitro benzene ring substituents is 1. The highest BCUT2D eigenvalue weighted by atomic mass is 32.2. The topological polar surface area (TPSA) is 115 Å². The molecule has 1 aromatic carbocycles. The normalized spacial score (nSPS) is 17.1. The van der Waals surface area contributed by atoms with Crippen LogP contribution in [0, 0.1) is 16.0 Å². The Morgan fingerprint density at radius 2 is 2.16 bits per heavy atom. The summed E-state index contributed by atoms with van der Waals surface area (Å²) in [5.41, 5.74) is 5.55. The van der Waals surface area contributed by atoms with Crippen molar-refractivity contribution >= 4 is 15.7 Å². The Morgan fingerprint density at radius 3 is 2.74 bits per heavy atom. The van der Waals surface area contributed by atoms with Gasteiger partial charge in [-0.2, -0.15) is 0 Å².